The van der Waals surface area contributed by atoms with E-state index >= 15 is 0 Å². The number of aromatic amines is 1. The first kappa shape index (κ1) is 14.5. The summed E-state index contributed by atoms with van der Waals surface area (Å²) in [5.74, 6) is -0.0847. The summed E-state index contributed by atoms with van der Waals surface area (Å²) in [5, 5.41) is 11.8. The van der Waals surface area contributed by atoms with Crippen LogP contribution >= 0.6 is 0 Å². The van der Waals surface area contributed by atoms with Crippen molar-refractivity contribution in [1.82, 2.24) is 15.3 Å². The monoisotopic (exact) mass is 275 g/mol. The number of benzene rings is 1. The molecule has 0 bridgehead atoms. The molecule has 1 aromatic carbocycles. The molecule has 0 fully saturated rings. The van der Waals surface area contributed by atoms with Gasteiger partial charge in [-0.2, -0.15) is 0 Å². The fourth-order valence-electron chi connectivity index (χ4n) is 2.14. The van der Waals surface area contributed by atoms with Crippen molar-refractivity contribution < 1.29 is 9.90 Å². The van der Waals surface area contributed by atoms with Crippen molar-refractivity contribution in [3.05, 3.63) is 30.1 Å². The van der Waals surface area contributed by atoms with Crippen molar-refractivity contribution >= 4 is 16.9 Å². The Hall–Kier alpha value is -1.88. The number of nitrogens with one attached hydrogen (secondary N) is 2. The normalized spacial score (nSPS) is 11.8. The summed E-state index contributed by atoms with van der Waals surface area (Å²) < 4.78 is 0. The Morgan fingerprint density at radius 1 is 1.45 bits per heavy atom. The predicted molar refractivity (Wildman–Crippen MR) is 78.5 cm³/mol. The molecule has 0 spiro atoms. The SMILES string of the molecule is CC(C)(CCCO)CNC(=O)c1ccc2nc[nH]c2c1. The number of H-pyrrole nitrogens is 1. The number of aromatic nitrogens is 2. The van der Waals surface area contributed by atoms with Crippen LogP contribution in [-0.2, 0) is 0 Å². The first-order chi connectivity index (χ1) is 9.52. The van der Waals surface area contributed by atoms with Crippen molar-refractivity contribution in [2.24, 2.45) is 5.41 Å². The van der Waals surface area contributed by atoms with Gasteiger partial charge in [0, 0.05) is 18.7 Å². The lowest BCUT2D eigenvalue weighted by Crippen LogP contribution is -2.34. The largest absolute Gasteiger partial charge is 0.396 e. The molecule has 0 saturated carbocycles. The van der Waals surface area contributed by atoms with E-state index in [-0.39, 0.29) is 17.9 Å². The van der Waals surface area contributed by atoms with Gasteiger partial charge in [-0.15, -0.1) is 0 Å². The van der Waals surface area contributed by atoms with Crippen molar-refractivity contribution in [3.63, 3.8) is 0 Å². The van der Waals surface area contributed by atoms with Crippen LogP contribution in [0.3, 0.4) is 0 Å². The quantitative estimate of drug-likeness (QED) is 0.755. The molecule has 2 rings (SSSR count). The second kappa shape index (κ2) is 6.05. The van der Waals surface area contributed by atoms with Gasteiger partial charge in [0.1, 0.15) is 0 Å². The molecule has 1 amide bonds. The maximum absolute atomic E-state index is 12.1. The Balaban J connectivity index is 1.97. The molecular weight excluding hydrogens is 254 g/mol. The molecule has 0 radical (unpaired) electrons. The van der Waals surface area contributed by atoms with E-state index < -0.39 is 0 Å². The third kappa shape index (κ3) is 3.57. The van der Waals surface area contributed by atoms with Crippen LogP contribution in [0.5, 0.6) is 0 Å². The lowest BCUT2D eigenvalue weighted by molar-refractivity contribution is 0.0933. The molecule has 3 N–H and O–H groups in total. The minimum Gasteiger partial charge on any atom is -0.396 e. The molecule has 0 aliphatic carbocycles. The van der Waals surface area contributed by atoms with Crippen LogP contribution in [-0.4, -0.2) is 34.1 Å². The molecule has 0 aliphatic rings. The fraction of sp³-hybridized carbons (Fsp3) is 0.467. The van der Waals surface area contributed by atoms with Gasteiger partial charge in [0.25, 0.3) is 5.91 Å². The molecular formula is C15H21N3O2. The molecule has 20 heavy (non-hydrogen) atoms. The van der Waals surface area contributed by atoms with E-state index in [0.29, 0.717) is 12.1 Å². The Morgan fingerprint density at radius 2 is 2.25 bits per heavy atom. The van der Waals surface area contributed by atoms with Crippen LogP contribution in [0.15, 0.2) is 24.5 Å². The van der Waals surface area contributed by atoms with E-state index in [0.717, 1.165) is 23.9 Å². The highest BCUT2D eigenvalue weighted by Crippen LogP contribution is 2.21. The maximum atomic E-state index is 12.1. The topological polar surface area (TPSA) is 78.0 Å². The molecule has 1 heterocycles. The Bertz CT molecular complexity index is 590. The van der Waals surface area contributed by atoms with E-state index in [4.69, 9.17) is 5.11 Å². The third-order valence-corrected chi connectivity index (χ3v) is 3.42. The summed E-state index contributed by atoms with van der Waals surface area (Å²) in [6.07, 6.45) is 3.25. The highest BCUT2D eigenvalue weighted by atomic mass is 16.2. The van der Waals surface area contributed by atoms with Crippen LogP contribution in [0, 0.1) is 5.41 Å². The number of carbonyl (C=O) groups is 1. The lowest BCUT2D eigenvalue weighted by atomic mass is 9.88. The molecule has 0 saturated heterocycles. The van der Waals surface area contributed by atoms with Gasteiger partial charge in [-0.05, 0) is 36.5 Å². The Morgan fingerprint density at radius 3 is 3.00 bits per heavy atom. The first-order valence-corrected chi connectivity index (χ1v) is 6.84. The summed E-state index contributed by atoms with van der Waals surface area (Å²) in [6, 6.07) is 5.41. The molecule has 0 unspecified atom stereocenters. The molecule has 108 valence electrons. The van der Waals surface area contributed by atoms with Gasteiger partial charge in [0.15, 0.2) is 0 Å². The van der Waals surface area contributed by atoms with E-state index in [2.05, 4.69) is 29.1 Å². The van der Waals surface area contributed by atoms with Crippen molar-refractivity contribution in [3.8, 4) is 0 Å². The summed E-state index contributed by atoms with van der Waals surface area (Å²) in [7, 11) is 0. The predicted octanol–water partition coefficient (Wildman–Crippen LogP) is 2.09. The molecule has 1 aromatic heterocycles. The van der Waals surface area contributed by atoms with Crippen molar-refractivity contribution in [2.45, 2.75) is 26.7 Å². The number of aliphatic hydroxyl groups excluding tert-OH is 1. The zero-order chi connectivity index (χ0) is 14.6. The minimum atomic E-state index is -0.0847. The standard InChI is InChI=1S/C15H21N3O2/c1-15(2,6-3-7-19)9-16-14(20)11-4-5-12-13(8-11)18-10-17-12/h4-5,8,10,19H,3,6-7,9H2,1-2H3,(H,16,20)(H,17,18). The van der Waals surface area contributed by atoms with Crippen LogP contribution in [0.1, 0.15) is 37.0 Å². The number of rotatable bonds is 6. The van der Waals surface area contributed by atoms with Crippen LogP contribution in [0.2, 0.25) is 0 Å². The van der Waals surface area contributed by atoms with Crippen LogP contribution in [0.4, 0.5) is 0 Å². The number of nitrogens with zero attached hydrogens (tertiary/aromatic N) is 1. The average Bonchev–Trinajstić information content (AvgIpc) is 2.90. The summed E-state index contributed by atoms with van der Waals surface area (Å²) in [6.45, 7) is 4.95. The summed E-state index contributed by atoms with van der Waals surface area (Å²) >= 11 is 0. The highest BCUT2D eigenvalue weighted by Gasteiger charge is 2.18. The number of carbonyl (C=O) groups excluding carboxylic acids is 1. The molecule has 0 atom stereocenters. The van der Waals surface area contributed by atoms with Gasteiger partial charge in [-0.1, -0.05) is 13.8 Å². The molecule has 5 heteroatoms. The van der Waals surface area contributed by atoms with Gasteiger partial charge in [0.2, 0.25) is 0 Å². The number of hydrogen-bond donors (Lipinski definition) is 3. The highest BCUT2D eigenvalue weighted by molar-refractivity contribution is 5.97. The minimum absolute atomic E-state index is 0.0174. The lowest BCUT2D eigenvalue weighted by Gasteiger charge is -2.24. The maximum Gasteiger partial charge on any atom is 0.251 e. The van der Waals surface area contributed by atoms with Crippen molar-refractivity contribution in [1.29, 1.82) is 0 Å². The number of aliphatic hydroxyl groups is 1. The van der Waals surface area contributed by atoms with Gasteiger partial charge >= 0.3 is 0 Å². The van der Waals surface area contributed by atoms with Gasteiger partial charge in [-0.25, -0.2) is 4.98 Å². The zero-order valence-corrected chi connectivity index (χ0v) is 11.9. The number of amides is 1. The summed E-state index contributed by atoms with van der Waals surface area (Å²) in [4.78, 5) is 19.3. The molecule has 2 aromatic rings. The summed E-state index contributed by atoms with van der Waals surface area (Å²) in [5.41, 5.74) is 2.32. The molecule has 0 aliphatic heterocycles. The average molecular weight is 275 g/mol. The van der Waals surface area contributed by atoms with Gasteiger partial charge in [0.05, 0.1) is 17.4 Å². The van der Waals surface area contributed by atoms with Crippen molar-refractivity contribution in [2.75, 3.05) is 13.2 Å². The van der Waals surface area contributed by atoms with Crippen LogP contribution < -0.4 is 5.32 Å². The Labute approximate surface area is 118 Å². The second-order valence-corrected chi connectivity index (χ2v) is 5.81. The number of fused-ring (bicyclic) bond motifs is 1. The Kier molecular flexibility index (Phi) is 4.39. The first-order valence-electron chi connectivity index (χ1n) is 6.84. The van der Waals surface area contributed by atoms with Gasteiger partial charge < -0.3 is 15.4 Å². The number of imidazole rings is 1. The second-order valence-electron chi connectivity index (χ2n) is 5.81. The van der Waals surface area contributed by atoms with Gasteiger partial charge in [-0.3, -0.25) is 4.79 Å². The smallest absolute Gasteiger partial charge is 0.251 e. The van der Waals surface area contributed by atoms with E-state index in [1.165, 1.54) is 0 Å². The third-order valence-electron chi connectivity index (χ3n) is 3.42. The molecule has 5 nitrogen and oxygen atoms in total. The fourth-order valence-corrected chi connectivity index (χ4v) is 2.14. The van der Waals surface area contributed by atoms with E-state index in [9.17, 15) is 4.79 Å². The van der Waals surface area contributed by atoms with E-state index in [1.54, 1.807) is 18.5 Å². The van der Waals surface area contributed by atoms with Crippen LogP contribution in [0.25, 0.3) is 11.0 Å². The number of hydrogen-bond acceptors (Lipinski definition) is 3. The zero-order valence-electron chi connectivity index (χ0n) is 11.9. The van der Waals surface area contributed by atoms with E-state index in [1.807, 2.05) is 6.07 Å².